The highest BCUT2D eigenvalue weighted by atomic mass is 32.2. The summed E-state index contributed by atoms with van der Waals surface area (Å²) in [5, 5.41) is 0. The number of benzene rings is 2. The molecule has 3 aliphatic rings. The highest BCUT2D eigenvalue weighted by Gasteiger charge is 2.27. The van der Waals surface area contributed by atoms with E-state index < -0.39 is 9.84 Å². The molecule has 30 heavy (non-hydrogen) atoms. The van der Waals surface area contributed by atoms with Gasteiger partial charge in [0.05, 0.1) is 11.5 Å². The molecule has 0 spiro atoms. The van der Waals surface area contributed by atoms with Crippen molar-refractivity contribution in [3.05, 3.63) is 53.6 Å². The van der Waals surface area contributed by atoms with Crippen molar-refractivity contribution >= 4 is 15.5 Å². The molecule has 0 saturated carbocycles. The first-order chi connectivity index (χ1) is 14.6. The molecular weight excluding hydrogens is 400 g/mol. The predicted molar refractivity (Wildman–Crippen MR) is 117 cm³/mol. The molecule has 6 nitrogen and oxygen atoms in total. The summed E-state index contributed by atoms with van der Waals surface area (Å²) < 4.78 is 34.7. The van der Waals surface area contributed by atoms with Gasteiger partial charge in [0.15, 0.2) is 21.3 Å². The number of nitrogens with zero attached hydrogens (tertiary/aromatic N) is 2. The van der Waals surface area contributed by atoms with E-state index in [0.717, 1.165) is 36.7 Å². The molecule has 0 N–H and O–H groups in total. The van der Waals surface area contributed by atoms with Gasteiger partial charge in [-0.3, -0.25) is 4.90 Å². The molecule has 7 heteroatoms. The largest absolute Gasteiger partial charge is 0.486 e. The van der Waals surface area contributed by atoms with E-state index in [9.17, 15) is 8.42 Å². The zero-order valence-electron chi connectivity index (χ0n) is 17.1. The first-order valence-electron chi connectivity index (χ1n) is 10.8. The van der Waals surface area contributed by atoms with E-state index in [1.165, 1.54) is 17.5 Å². The summed E-state index contributed by atoms with van der Waals surface area (Å²) in [7, 11) is -2.85. The summed E-state index contributed by atoms with van der Waals surface area (Å²) in [6.45, 7) is 4.39. The minimum absolute atomic E-state index is 0.250. The van der Waals surface area contributed by atoms with Gasteiger partial charge in [-0.25, -0.2) is 8.42 Å². The Kier molecular flexibility index (Phi) is 5.33. The molecule has 5 rings (SSSR count). The van der Waals surface area contributed by atoms with Gasteiger partial charge in [-0.2, -0.15) is 0 Å². The van der Waals surface area contributed by atoms with Crippen LogP contribution < -0.4 is 14.4 Å². The summed E-state index contributed by atoms with van der Waals surface area (Å²) in [5.41, 5.74) is 3.69. The highest BCUT2D eigenvalue weighted by Crippen LogP contribution is 2.38. The fourth-order valence-electron chi connectivity index (χ4n) is 4.68. The maximum absolute atomic E-state index is 11.7. The van der Waals surface area contributed by atoms with Crippen molar-refractivity contribution in [2.75, 3.05) is 49.3 Å². The minimum Gasteiger partial charge on any atom is -0.486 e. The van der Waals surface area contributed by atoms with Gasteiger partial charge in [-0.15, -0.1) is 0 Å². The lowest BCUT2D eigenvalue weighted by Crippen LogP contribution is -2.40. The zero-order valence-corrected chi connectivity index (χ0v) is 17.9. The van der Waals surface area contributed by atoms with Crippen molar-refractivity contribution in [2.24, 2.45) is 0 Å². The Balaban J connectivity index is 1.26. The predicted octanol–water partition coefficient (Wildman–Crippen LogP) is 3.03. The third-order valence-corrected chi connectivity index (χ3v) is 7.96. The Bertz CT molecular complexity index is 992. The summed E-state index contributed by atoms with van der Waals surface area (Å²) in [4.78, 5) is 4.70. The van der Waals surface area contributed by atoms with Gasteiger partial charge in [0.1, 0.15) is 13.2 Å². The van der Waals surface area contributed by atoms with Crippen molar-refractivity contribution in [3.63, 3.8) is 0 Å². The molecule has 0 aromatic heterocycles. The molecule has 3 aliphatic heterocycles. The van der Waals surface area contributed by atoms with E-state index in [4.69, 9.17) is 9.47 Å². The molecule has 3 heterocycles. The SMILES string of the molecule is O=S1(=O)CCN(c2ccc(CN3CCC[C@@H]3c3ccc4c(c3)OCCO4)cc2)CC1. The molecule has 0 bridgehead atoms. The van der Waals surface area contributed by atoms with Crippen LogP contribution in [0.15, 0.2) is 42.5 Å². The lowest BCUT2D eigenvalue weighted by molar-refractivity contribution is 0.170. The molecule has 1 atom stereocenters. The fraction of sp³-hybridized carbons (Fsp3) is 0.478. The lowest BCUT2D eigenvalue weighted by Gasteiger charge is -2.29. The second kappa shape index (κ2) is 8.12. The molecule has 0 aliphatic carbocycles. The van der Waals surface area contributed by atoms with Crippen LogP contribution in [0.4, 0.5) is 5.69 Å². The van der Waals surface area contributed by atoms with Crippen LogP contribution in [-0.4, -0.2) is 57.7 Å². The van der Waals surface area contributed by atoms with Crippen LogP contribution in [0.3, 0.4) is 0 Å². The average molecular weight is 429 g/mol. The average Bonchev–Trinajstić information content (AvgIpc) is 3.22. The quantitative estimate of drug-likeness (QED) is 0.746. The van der Waals surface area contributed by atoms with Crippen LogP contribution in [0.1, 0.15) is 30.0 Å². The van der Waals surface area contributed by atoms with Crippen molar-refractivity contribution < 1.29 is 17.9 Å². The second-order valence-corrected chi connectivity index (χ2v) is 10.6. The second-order valence-electron chi connectivity index (χ2n) is 8.34. The van der Waals surface area contributed by atoms with Crippen molar-refractivity contribution in [1.29, 1.82) is 0 Å². The highest BCUT2D eigenvalue weighted by molar-refractivity contribution is 7.91. The Labute approximate surface area is 178 Å². The normalized spacial score (nSPS) is 23.5. The Hall–Kier alpha value is -2.25. The van der Waals surface area contributed by atoms with Gasteiger partial charge in [0.2, 0.25) is 0 Å². The summed E-state index contributed by atoms with van der Waals surface area (Å²) in [6.07, 6.45) is 2.35. The molecule has 160 valence electrons. The van der Waals surface area contributed by atoms with E-state index in [1.807, 2.05) is 6.07 Å². The summed E-state index contributed by atoms with van der Waals surface area (Å²) >= 11 is 0. The van der Waals surface area contributed by atoms with E-state index in [2.05, 4.69) is 46.2 Å². The maximum atomic E-state index is 11.7. The fourth-order valence-corrected chi connectivity index (χ4v) is 5.88. The Morgan fingerprint density at radius 2 is 1.63 bits per heavy atom. The van der Waals surface area contributed by atoms with E-state index in [-0.39, 0.29) is 11.5 Å². The van der Waals surface area contributed by atoms with Gasteiger partial charge in [0.25, 0.3) is 0 Å². The molecule has 0 radical (unpaired) electrons. The number of hydrogen-bond acceptors (Lipinski definition) is 6. The van der Waals surface area contributed by atoms with Crippen LogP contribution >= 0.6 is 0 Å². The first kappa shape index (κ1) is 19.7. The van der Waals surface area contributed by atoms with Crippen LogP contribution in [-0.2, 0) is 16.4 Å². The third-order valence-electron chi connectivity index (χ3n) is 6.35. The van der Waals surface area contributed by atoms with Crippen LogP contribution in [0.25, 0.3) is 0 Å². The van der Waals surface area contributed by atoms with E-state index in [1.54, 1.807) is 0 Å². The zero-order chi connectivity index (χ0) is 20.6. The van der Waals surface area contributed by atoms with Crippen molar-refractivity contribution in [1.82, 2.24) is 4.90 Å². The molecule has 2 aromatic carbocycles. The van der Waals surface area contributed by atoms with Gasteiger partial charge in [0, 0.05) is 31.4 Å². The molecule has 2 saturated heterocycles. The number of hydrogen-bond donors (Lipinski definition) is 0. The molecular formula is C23H28N2O4S. The molecule has 0 amide bonds. The molecule has 2 fully saturated rings. The maximum Gasteiger partial charge on any atom is 0.161 e. The Morgan fingerprint density at radius 1 is 0.900 bits per heavy atom. The van der Waals surface area contributed by atoms with Crippen LogP contribution in [0, 0.1) is 0 Å². The molecule has 0 unspecified atom stereocenters. The smallest absolute Gasteiger partial charge is 0.161 e. The number of anilines is 1. The standard InChI is InChI=1S/C23H28N2O4S/c26-30(27)14-10-24(11-15-30)20-6-3-18(4-7-20)17-25-9-1-2-21(25)19-5-8-22-23(16-19)29-13-12-28-22/h3-8,16,21H,1-2,9-15,17H2/t21-/m1/s1. The van der Waals surface area contributed by atoms with Crippen molar-refractivity contribution in [3.8, 4) is 11.5 Å². The van der Waals surface area contributed by atoms with E-state index >= 15 is 0 Å². The lowest BCUT2D eigenvalue weighted by atomic mass is 10.0. The minimum atomic E-state index is -2.85. The summed E-state index contributed by atoms with van der Waals surface area (Å²) in [5.74, 6) is 2.20. The number of rotatable bonds is 4. The van der Waals surface area contributed by atoms with Crippen LogP contribution in [0.2, 0.25) is 0 Å². The first-order valence-corrected chi connectivity index (χ1v) is 12.6. The van der Waals surface area contributed by atoms with Crippen molar-refractivity contribution in [2.45, 2.75) is 25.4 Å². The monoisotopic (exact) mass is 428 g/mol. The van der Waals surface area contributed by atoms with Gasteiger partial charge in [-0.1, -0.05) is 18.2 Å². The van der Waals surface area contributed by atoms with Gasteiger partial charge < -0.3 is 14.4 Å². The van der Waals surface area contributed by atoms with Gasteiger partial charge in [-0.05, 0) is 54.8 Å². The third kappa shape index (κ3) is 4.14. The van der Waals surface area contributed by atoms with Gasteiger partial charge >= 0.3 is 0 Å². The number of sulfone groups is 1. The number of ether oxygens (including phenoxy) is 2. The molecule has 2 aromatic rings. The number of likely N-dealkylation sites (tertiary alicyclic amines) is 1. The van der Waals surface area contributed by atoms with Crippen LogP contribution in [0.5, 0.6) is 11.5 Å². The number of fused-ring (bicyclic) bond motifs is 1. The topological polar surface area (TPSA) is 59.1 Å². The van der Waals surface area contributed by atoms with E-state index in [0.29, 0.717) is 32.3 Å². The summed E-state index contributed by atoms with van der Waals surface area (Å²) in [6, 6.07) is 15.4. The Morgan fingerprint density at radius 3 is 2.40 bits per heavy atom.